The van der Waals surface area contributed by atoms with Crippen molar-refractivity contribution in [2.45, 2.75) is 31.6 Å². The highest BCUT2D eigenvalue weighted by Crippen LogP contribution is 2.46. The first-order valence-electron chi connectivity index (χ1n) is 5.39. The minimum absolute atomic E-state index is 0.266. The minimum atomic E-state index is -0.266. The molecular formula is C13H14BrNO. The Balaban J connectivity index is 2.53. The molecule has 0 amide bonds. The molecule has 0 bridgehead atoms. The first kappa shape index (κ1) is 11.5. The predicted molar refractivity (Wildman–Crippen MR) is 66.6 cm³/mol. The maximum absolute atomic E-state index is 9.34. The van der Waals surface area contributed by atoms with Crippen molar-refractivity contribution in [1.29, 1.82) is 5.26 Å². The molecule has 0 aliphatic heterocycles. The van der Waals surface area contributed by atoms with Crippen LogP contribution in [0.15, 0.2) is 16.6 Å². The van der Waals surface area contributed by atoms with Crippen molar-refractivity contribution in [3.63, 3.8) is 0 Å². The van der Waals surface area contributed by atoms with Crippen LogP contribution in [0.1, 0.15) is 30.4 Å². The molecule has 0 unspecified atom stereocenters. The second kappa shape index (κ2) is 4.10. The number of rotatable bonds is 2. The van der Waals surface area contributed by atoms with E-state index in [0.29, 0.717) is 0 Å². The highest BCUT2D eigenvalue weighted by Gasteiger charge is 2.40. The van der Waals surface area contributed by atoms with Gasteiger partial charge in [0.05, 0.1) is 23.1 Å². The number of hydrogen-bond donors (Lipinski definition) is 0. The first-order chi connectivity index (χ1) is 7.63. The van der Waals surface area contributed by atoms with Gasteiger partial charge in [-0.1, -0.05) is 0 Å². The third kappa shape index (κ3) is 1.62. The Labute approximate surface area is 104 Å². The number of benzene rings is 1. The van der Waals surface area contributed by atoms with E-state index in [9.17, 15) is 5.26 Å². The van der Waals surface area contributed by atoms with Crippen molar-refractivity contribution >= 4 is 15.9 Å². The second-order valence-corrected chi connectivity index (χ2v) is 5.20. The lowest BCUT2D eigenvalue weighted by Crippen LogP contribution is -2.33. The van der Waals surface area contributed by atoms with Crippen LogP contribution in [0.4, 0.5) is 0 Å². The van der Waals surface area contributed by atoms with Gasteiger partial charge in [-0.15, -0.1) is 0 Å². The molecular weight excluding hydrogens is 266 g/mol. The molecule has 3 heteroatoms. The Kier molecular flexibility index (Phi) is 2.94. The molecule has 0 heterocycles. The van der Waals surface area contributed by atoms with Crippen LogP contribution in [0.2, 0.25) is 0 Å². The van der Waals surface area contributed by atoms with E-state index in [1.807, 2.05) is 12.1 Å². The van der Waals surface area contributed by atoms with E-state index in [4.69, 9.17) is 4.74 Å². The molecule has 84 valence electrons. The van der Waals surface area contributed by atoms with E-state index >= 15 is 0 Å². The van der Waals surface area contributed by atoms with E-state index in [0.717, 1.165) is 40.6 Å². The molecule has 16 heavy (non-hydrogen) atoms. The van der Waals surface area contributed by atoms with Crippen LogP contribution in [0.3, 0.4) is 0 Å². The predicted octanol–water partition coefficient (Wildman–Crippen LogP) is 3.71. The fraction of sp³-hybridized carbons (Fsp3) is 0.462. The van der Waals surface area contributed by atoms with Crippen molar-refractivity contribution in [2.24, 2.45) is 0 Å². The molecule has 1 aromatic carbocycles. The number of nitriles is 1. The Morgan fingerprint density at radius 1 is 1.44 bits per heavy atom. The molecule has 1 aliphatic carbocycles. The van der Waals surface area contributed by atoms with Gasteiger partial charge in [0.1, 0.15) is 5.75 Å². The largest absolute Gasteiger partial charge is 0.496 e. The van der Waals surface area contributed by atoms with Gasteiger partial charge in [-0.05, 0) is 65.4 Å². The zero-order valence-electron chi connectivity index (χ0n) is 9.51. The summed E-state index contributed by atoms with van der Waals surface area (Å²) in [6.45, 7) is 2.05. The van der Waals surface area contributed by atoms with Gasteiger partial charge in [-0.25, -0.2) is 0 Å². The van der Waals surface area contributed by atoms with Gasteiger partial charge in [-0.2, -0.15) is 5.26 Å². The van der Waals surface area contributed by atoms with E-state index < -0.39 is 0 Å². The van der Waals surface area contributed by atoms with Crippen molar-refractivity contribution < 1.29 is 4.74 Å². The van der Waals surface area contributed by atoms with Gasteiger partial charge >= 0.3 is 0 Å². The molecule has 0 aromatic heterocycles. The number of methoxy groups -OCH3 is 1. The zero-order valence-corrected chi connectivity index (χ0v) is 11.1. The van der Waals surface area contributed by atoms with Crippen LogP contribution in [0, 0.1) is 18.3 Å². The summed E-state index contributed by atoms with van der Waals surface area (Å²) in [6, 6.07) is 6.51. The third-order valence-corrected chi connectivity index (χ3v) is 4.06. The van der Waals surface area contributed by atoms with Crippen LogP contribution in [-0.4, -0.2) is 7.11 Å². The highest BCUT2D eigenvalue weighted by molar-refractivity contribution is 9.10. The van der Waals surface area contributed by atoms with Crippen molar-refractivity contribution in [3.05, 3.63) is 27.7 Å². The standard InChI is InChI=1S/C13H14BrNO/c1-9-6-11(14)12(16-2)7-10(9)13(8-15)4-3-5-13/h6-7H,3-5H2,1-2H3. The average molecular weight is 280 g/mol. The topological polar surface area (TPSA) is 33.0 Å². The Morgan fingerprint density at radius 2 is 2.12 bits per heavy atom. The summed E-state index contributed by atoms with van der Waals surface area (Å²) in [5, 5.41) is 9.34. The summed E-state index contributed by atoms with van der Waals surface area (Å²) in [5.74, 6) is 0.808. The van der Waals surface area contributed by atoms with Gasteiger partial charge < -0.3 is 4.74 Å². The van der Waals surface area contributed by atoms with Gasteiger partial charge in [0.15, 0.2) is 0 Å². The van der Waals surface area contributed by atoms with Crippen LogP contribution in [-0.2, 0) is 5.41 Å². The van der Waals surface area contributed by atoms with Crippen molar-refractivity contribution in [3.8, 4) is 11.8 Å². The van der Waals surface area contributed by atoms with E-state index in [2.05, 4.69) is 28.9 Å². The van der Waals surface area contributed by atoms with Crippen molar-refractivity contribution in [1.82, 2.24) is 0 Å². The quantitative estimate of drug-likeness (QED) is 0.827. The molecule has 0 spiro atoms. The molecule has 2 rings (SSSR count). The molecule has 0 atom stereocenters. The number of ether oxygens (including phenoxy) is 1. The number of aryl methyl sites for hydroxylation is 1. The van der Waals surface area contributed by atoms with Crippen LogP contribution in [0.25, 0.3) is 0 Å². The molecule has 1 aliphatic rings. The van der Waals surface area contributed by atoms with E-state index in [-0.39, 0.29) is 5.41 Å². The van der Waals surface area contributed by atoms with Gasteiger partial charge in [-0.3, -0.25) is 0 Å². The summed E-state index contributed by atoms with van der Waals surface area (Å²) in [4.78, 5) is 0. The lowest BCUT2D eigenvalue weighted by Gasteiger charge is -2.37. The number of nitrogens with zero attached hydrogens (tertiary/aromatic N) is 1. The smallest absolute Gasteiger partial charge is 0.133 e. The fourth-order valence-corrected chi connectivity index (χ4v) is 2.92. The summed E-state index contributed by atoms with van der Waals surface area (Å²) < 4.78 is 6.24. The lowest BCUT2D eigenvalue weighted by molar-refractivity contribution is 0.320. The molecule has 0 N–H and O–H groups in total. The highest BCUT2D eigenvalue weighted by atomic mass is 79.9. The summed E-state index contributed by atoms with van der Waals surface area (Å²) in [6.07, 6.45) is 3.08. The SMILES string of the molecule is COc1cc(C2(C#N)CCC2)c(C)cc1Br. The summed E-state index contributed by atoms with van der Waals surface area (Å²) >= 11 is 3.46. The van der Waals surface area contributed by atoms with Crippen molar-refractivity contribution in [2.75, 3.05) is 7.11 Å². The average Bonchev–Trinajstić information content (AvgIpc) is 2.20. The Hall–Kier alpha value is -1.01. The molecule has 0 radical (unpaired) electrons. The van der Waals surface area contributed by atoms with Crippen LogP contribution >= 0.6 is 15.9 Å². The van der Waals surface area contributed by atoms with Gasteiger partial charge in [0.2, 0.25) is 0 Å². The van der Waals surface area contributed by atoms with E-state index in [1.165, 1.54) is 0 Å². The van der Waals surface area contributed by atoms with Gasteiger partial charge in [0.25, 0.3) is 0 Å². The molecule has 2 nitrogen and oxygen atoms in total. The first-order valence-corrected chi connectivity index (χ1v) is 6.18. The van der Waals surface area contributed by atoms with Crippen LogP contribution in [0.5, 0.6) is 5.75 Å². The summed E-state index contributed by atoms with van der Waals surface area (Å²) in [5.41, 5.74) is 2.02. The van der Waals surface area contributed by atoms with Gasteiger partial charge in [0, 0.05) is 0 Å². The molecule has 1 fully saturated rings. The van der Waals surface area contributed by atoms with E-state index in [1.54, 1.807) is 7.11 Å². The maximum atomic E-state index is 9.34. The second-order valence-electron chi connectivity index (χ2n) is 4.35. The number of hydrogen-bond acceptors (Lipinski definition) is 2. The monoisotopic (exact) mass is 279 g/mol. The summed E-state index contributed by atoms with van der Waals surface area (Å²) in [7, 11) is 1.65. The zero-order chi connectivity index (χ0) is 11.8. The lowest BCUT2D eigenvalue weighted by atomic mass is 9.64. The Morgan fingerprint density at radius 3 is 2.56 bits per heavy atom. The number of halogens is 1. The molecule has 1 saturated carbocycles. The maximum Gasteiger partial charge on any atom is 0.133 e. The molecule has 0 saturated heterocycles. The Bertz CT molecular complexity index is 458. The molecule has 1 aromatic rings. The van der Waals surface area contributed by atoms with Crippen LogP contribution < -0.4 is 4.74 Å². The minimum Gasteiger partial charge on any atom is -0.496 e. The normalized spacial score (nSPS) is 17.4. The fourth-order valence-electron chi connectivity index (χ4n) is 2.30. The third-order valence-electron chi connectivity index (χ3n) is 3.44.